The predicted octanol–water partition coefficient (Wildman–Crippen LogP) is 1.77. The van der Waals surface area contributed by atoms with Gasteiger partial charge >= 0.3 is 5.97 Å². The molecule has 1 aromatic rings. The summed E-state index contributed by atoms with van der Waals surface area (Å²) in [5.74, 6) is 0.0599. The smallest absolute Gasteiger partial charge is 0.313 e. The van der Waals surface area contributed by atoms with Crippen LogP contribution in [0.4, 0.5) is 0 Å². The lowest BCUT2D eigenvalue weighted by molar-refractivity contribution is -0.133. The van der Waals surface area contributed by atoms with Crippen molar-refractivity contribution in [2.45, 2.75) is 44.8 Å². The lowest BCUT2D eigenvalue weighted by Crippen LogP contribution is -2.25. The fourth-order valence-corrected chi connectivity index (χ4v) is 2.28. The minimum absolute atomic E-state index is 0.0118. The number of aryl methyl sites for hydroxylation is 1. The lowest BCUT2D eigenvalue weighted by Gasteiger charge is -2.24. The summed E-state index contributed by atoms with van der Waals surface area (Å²) in [4.78, 5) is 10.5. The van der Waals surface area contributed by atoms with E-state index in [4.69, 9.17) is 5.11 Å². The van der Waals surface area contributed by atoms with Crippen molar-refractivity contribution >= 4 is 17.7 Å². The molecule has 1 aromatic heterocycles. The Hall–Kier alpha value is -1.04. The summed E-state index contributed by atoms with van der Waals surface area (Å²) in [5, 5.41) is 17.4. The second kappa shape index (κ2) is 4.86. The molecule has 6 heteroatoms. The molecule has 0 bridgehead atoms. The Morgan fingerprint density at radius 2 is 2.06 bits per heavy atom. The molecule has 1 rings (SSSR count). The average Bonchev–Trinajstić information content (AvgIpc) is 2.56. The number of aliphatic carboxylic acids is 1. The fourth-order valence-electron chi connectivity index (χ4n) is 1.42. The van der Waals surface area contributed by atoms with E-state index >= 15 is 0 Å². The maximum absolute atomic E-state index is 10.5. The molecular formula is C10H17N3O2S. The molecule has 0 fully saturated rings. The van der Waals surface area contributed by atoms with E-state index in [2.05, 4.69) is 31.0 Å². The van der Waals surface area contributed by atoms with Crippen molar-refractivity contribution in [1.82, 2.24) is 14.8 Å². The SMILES string of the molecule is CCc1nnc(SCC(=O)O)n1C(C)(C)C. The van der Waals surface area contributed by atoms with Crippen LogP contribution < -0.4 is 0 Å². The topological polar surface area (TPSA) is 68.0 Å². The molecule has 90 valence electrons. The van der Waals surface area contributed by atoms with Crippen molar-refractivity contribution in [3.8, 4) is 0 Å². The summed E-state index contributed by atoms with van der Waals surface area (Å²) in [5.41, 5.74) is -0.129. The van der Waals surface area contributed by atoms with Crippen LogP contribution in [0, 0.1) is 0 Å². The van der Waals surface area contributed by atoms with Gasteiger partial charge in [-0.3, -0.25) is 4.79 Å². The van der Waals surface area contributed by atoms with Crippen LogP contribution in [0.25, 0.3) is 0 Å². The third kappa shape index (κ3) is 2.98. The van der Waals surface area contributed by atoms with Crippen molar-refractivity contribution in [3.63, 3.8) is 0 Å². The molecule has 0 aliphatic carbocycles. The molecule has 0 aromatic carbocycles. The molecule has 0 atom stereocenters. The molecule has 0 saturated heterocycles. The van der Waals surface area contributed by atoms with E-state index in [1.807, 2.05) is 11.5 Å². The number of aromatic nitrogens is 3. The zero-order valence-corrected chi connectivity index (χ0v) is 10.8. The van der Waals surface area contributed by atoms with E-state index in [1.165, 1.54) is 11.8 Å². The number of carboxylic acids is 1. The fraction of sp³-hybridized carbons (Fsp3) is 0.700. The first-order valence-corrected chi connectivity index (χ1v) is 6.14. The minimum Gasteiger partial charge on any atom is -0.481 e. The van der Waals surface area contributed by atoms with Crippen LogP contribution in [0.2, 0.25) is 0 Å². The Kier molecular flexibility index (Phi) is 3.96. The van der Waals surface area contributed by atoms with Crippen molar-refractivity contribution in [2.75, 3.05) is 5.75 Å². The van der Waals surface area contributed by atoms with Gasteiger partial charge in [0.1, 0.15) is 5.82 Å². The van der Waals surface area contributed by atoms with Gasteiger partial charge in [-0.2, -0.15) is 0 Å². The van der Waals surface area contributed by atoms with Gasteiger partial charge in [-0.25, -0.2) is 0 Å². The normalized spacial score (nSPS) is 11.8. The minimum atomic E-state index is -0.841. The third-order valence-electron chi connectivity index (χ3n) is 2.01. The van der Waals surface area contributed by atoms with E-state index in [9.17, 15) is 4.79 Å². The largest absolute Gasteiger partial charge is 0.481 e. The Balaban J connectivity index is 3.01. The Morgan fingerprint density at radius 3 is 2.50 bits per heavy atom. The average molecular weight is 243 g/mol. The van der Waals surface area contributed by atoms with Crippen molar-refractivity contribution in [1.29, 1.82) is 0 Å². The van der Waals surface area contributed by atoms with Gasteiger partial charge in [0.05, 0.1) is 5.75 Å². The summed E-state index contributed by atoms with van der Waals surface area (Å²) < 4.78 is 2.00. The number of hydrogen-bond donors (Lipinski definition) is 1. The quantitative estimate of drug-likeness (QED) is 0.816. The monoisotopic (exact) mass is 243 g/mol. The van der Waals surface area contributed by atoms with E-state index in [1.54, 1.807) is 0 Å². The molecule has 0 saturated carbocycles. The Bertz CT molecular complexity index is 382. The molecule has 0 aliphatic rings. The number of carbonyl (C=O) groups is 1. The predicted molar refractivity (Wildman–Crippen MR) is 62.8 cm³/mol. The van der Waals surface area contributed by atoms with E-state index in [0.29, 0.717) is 5.16 Å². The Morgan fingerprint density at radius 1 is 1.44 bits per heavy atom. The first-order chi connectivity index (χ1) is 7.36. The van der Waals surface area contributed by atoms with Gasteiger partial charge < -0.3 is 9.67 Å². The number of hydrogen-bond acceptors (Lipinski definition) is 4. The molecule has 1 N–H and O–H groups in total. The first-order valence-electron chi connectivity index (χ1n) is 5.15. The molecular weight excluding hydrogens is 226 g/mol. The Labute approximate surface area is 99.3 Å². The summed E-state index contributed by atoms with van der Waals surface area (Å²) in [6.45, 7) is 8.18. The summed E-state index contributed by atoms with van der Waals surface area (Å²) in [6.07, 6.45) is 0.790. The molecule has 0 amide bonds. The van der Waals surface area contributed by atoms with Crippen molar-refractivity contribution in [2.24, 2.45) is 0 Å². The highest BCUT2D eigenvalue weighted by atomic mass is 32.2. The highest BCUT2D eigenvalue weighted by molar-refractivity contribution is 7.99. The first kappa shape index (κ1) is 13.0. The molecule has 0 aliphatic heterocycles. The van der Waals surface area contributed by atoms with Crippen LogP contribution in [-0.2, 0) is 16.8 Å². The number of thioether (sulfide) groups is 1. The summed E-state index contributed by atoms with van der Waals surface area (Å²) in [6, 6.07) is 0. The van der Waals surface area contributed by atoms with Gasteiger partial charge in [0.25, 0.3) is 0 Å². The molecule has 1 heterocycles. The van der Waals surface area contributed by atoms with Crippen LogP contribution in [0.15, 0.2) is 5.16 Å². The number of nitrogens with zero attached hydrogens (tertiary/aromatic N) is 3. The van der Waals surface area contributed by atoms with Gasteiger partial charge in [-0.1, -0.05) is 18.7 Å². The van der Waals surface area contributed by atoms with Gasteiger partial charge in [0, 0.05) is 12.0 Å². The van der Waals surface area contributed by atoms with E-state index < -0.39 is 5.97 Å². The standard InChI is InChI=1S/C10H17N3O2S/c1-5-7-11-12-9(16-6-8(14)15)13(7)10(2,3)4/h5-6H2,1-4H3,(H,14,15). The van der Waals surface area contributed by atoms with Gasteiger partial charge in [0.15, 0.2) is 5.16 Å². The maximum atomic E-state index is 10.5. The molecule has 16 heavy (non-hydrogen) atoms. The van der Waals surface area contributed by atoms with Crippen LogP contribution in [-0.4, -0.2) is 31.6 Å². The van der Waals surface area contributed by atoms with Crippen LogP contribution >= 0.6 is 11.8 Å². The van der Waals surface area contributed by atoms with E-state index in [-0.39, 0.29) is 11.3 Å². The van der Waals surface area contributed by atoms with E-state index in [0.717, 1.165) is 12.2 Å². The van der Waals surface area contributed by atoms with Crippen molar-refractivity contribution in [3.05, 3.63) is 5.82 Å². The number of carboxylic acid groups (broad SMARTS) is 1. The van der Waals surface area contributed by atoms with Crippen LogP contribution in [0.5, 0.6) is 0 Å². The summed E-state index contributed by atoms with van der Waals surface area (Å²) >= 11 is 1.21. The molecule has 5 nitrogen and oxygen atoms in total. The summed E-state index contributed by atoms with van der Waals surface area (Å²) in [7, 11) is 0. The van der Waals surface area contributed by atoms with Crippen LogP contribution in [0.3, 0.4) is 0 Å². The molecule has 0 unspecified atom stereocenters. The third-order valence-corrected chi connectivity index (χ3v) is 2.93. The highest BCUT2D eigenvalue weighted by Crippen LogP contribution is 2.25. The second-order valence-corrected chi connectivity index (χ2v) is 5.38. The van der Waals surface area contributed by atoms with Gasteiger partial charge in [-0.15, -0.1) is 10.2 Å². The number of rotatable bonds is 4. The van der Waals surface area contributed by atoms with Gasteiger partial charge in [-0.05, 0) is 20.8 Å². The van der Waals surface area contributed by atoms with Crippen LogP contribution in [0.1, 0.15) is 33.5 Å². The maximum Gasteiger partial charge on any atom is 0.313 e. The van der Waals surface area contributed by atoms with Crippen molar-refractivity contribution < 1.29 is 9.90 Å². The van der Waals surface area contributed by atoms with Gasteiger partial charge in [0.2, 0.25) is 0 Å². The zero-order valence-electron chi connectivity index (χ0n) is 10.0. The molecule has 0 spiro atoms. The highest BCUT2D eigenvalue weighted by Gasteiger charge is 2.22. The molecule has 0 radical (unpaired) electrons. The lowest BCUT2D eigenvalue weighted by atomic mass is 10.1. The zero-order chi connectivity index (χ0) is 12.3. The second-order valence-electron chi connectivity index (χ2n) is 4.44.